The Labute approximate surface area is 120 Å². The predicted molar refractivity (Wildman–Crippen MR) is 78.7 cm³/mol. The molecule has 0 aliphatic rings. The van der Waals surface area contributed by atoms with E-state index >= 15 is 0 Å². The van der Waals surface area contributed by atoms with Gasteiger partial charge in [0.15, 0.2) is 0 Å². The van der Waals surface area contributed by atoms with Gasteiger partial charge in [-0.15, -0.1) is 0 Å². The van der Waals surface area contributed by atoms with Gasteiger partial charge in [-0.3, -0.25) is 0 Å². The molecule has 0 heterocycles. The van der Waals surface area contributed by atoms with Gasteiger partial charge in [-0.05, 0) is 50.9 Å². The second-order valence-electron chi connectivity index (χ2n) is 4.56. The molecule has 0 fully saturated rings. The van der Waals surface area contributed by atoms with Crippen molar-refractivity contribution in [3.05, 3.63) is 33.8 Å². The first-order valence-electron chi connectivity index (χ1n) is 6.20. The molecule has 1 N–H and O–H groups in total. The molecule has 0 radical (unpaired) electrons. The summed E-state index contributed by atoms with van der Waals surface area (Å²) in [5, 5.41) is 4.56. The summed E-state index contributed by atoms with van der Waals surface area (Å²) in [6.07, 6.45) is 3.37. The molecule has 0 aliphatic carbocycles. The Morgan fingerprint density at radius 1 is 1.22 bits per heavy atom. The summed E-state index contributed by atoms with van der Waals surface area (Å²) in [7, 11) is 3.73. The Morgan fingerprint density at radius 2 is 1.94 bits per heavy atom. The Kier molecular flexibility index (Phi) is 7.02. The van der Waals surface area contributed by atoms with E-state index in [1.807, 2.05) is 25.2 Å². The van der Waals surface area contributed by atoms with Crippen LogP contribution >= 0.6 is 23.2 Å². The lowest BCUT2D eigenvalue weighted by molar-refractivity contribution is 0.106. The molecule has 4 heteroatoms. The van der Waals surface area contributed by atoms with Crippen molar-refractivity contribution in [2.75, 3.05) is 14.2 Å². The average molecular weight is 290 g/mol. The van der Waals surface area contributed by atoms with Crippen molar-refractivity contribution in [1.82, 2.24) is 5.32 Å². The van der Waals surface area contributed by atoms with E-state index in [0.717, 1.165) is 19.3 Å². The fourth-order valence-electron chi connectivity index (χ4n) is 1.85. The third kappa shape index (κ3) is 5.15. The monoisotopic (exact) mass is 289 g/mol. The van der Waals surface area contributed by atoms with E-state index in [0.29, 0.717) is 22.2 Å². The summed E-state index contributed by atoms with van der Waals surface area (Å²) in [6, 6.07) is 6.25. The SMILES string of the molecule is CNC(CCC(C)OC)Cc1ccc(Cl)c(Cl)c1. The van der Waals surface area contributed by atoms with Gasteiger partial charge in [-0.2, -0.15) is 0 Å². The van der Waals surface area contributed by atoms with Crippen LogP contribution in [0.15, 0.2) is 18.2 Å². The Balaban J connectivity index is 2.54. The van der Waals surface area contributed by atoms with Crippen LogP contribution in [0.5, 0.6) is 0 Å². The zero-order chi connectivity index (χ0) is 13.5. The second kappa shape index (κ2) is 8.00. The molecule has 2 atom stereocenters. The van der Waals surface area contributed by atoms with Gasteiger partial charge < -0.3 is 10.1 Å². The number of nitrogens with one attached hydrogen (secondary N) is 1. The lowest BCUT2D eigenvalue weighted by Gasteiger charge is -2.18. The van der Waals surface area contributed by atoms with Gasteiger partial charge in [0.05, 0.1) is 16.1 Å². The minimum absolute atomic E-state index is 0.301. The Hall–Kier alpha value is -0.280. The number of likely N-dealkylation sites (N-methyl/N-ethyl adjacent to an activating group) is 1. The number of rotatable bonds is 7. The van der Waals surface area contributed by atoms with Crippen molar-refractivity contribution in [3.8, 4) is 0 Å². The van der Waals surface area contributed by atoms with E-state index in [1.54, 1.807) is 7.11 Å². The Morgan fingerprint density at radius 3 is 2.50 bits per heavy atom. The molecule has 102 valence electrons. The standard InChI is InChI=1S/C14H21Cl2NO/c1-10(18-3)4-6-12(17-2)8-11-5-7-13(15)14(16)9-11/h5,7,9-10,12,17H,4,6,8H2,1-3H3. The number of ether oxygens (including phenoxy) is 1. The molecular formula is C14H21Cl2NO. The van der Waals surface area contributed by atoms with Crippen LogP contribution in [-0.2, 0) is 11.2 Å². The fraction of sp³-hybridized carbons (Fsp3) is 0.571. The van der Waals surface area contributed by atoms with E-state index in [-0.39, 0.29) is 0 Å². The van der Waals surface area contributed by atoms with Crippen LogP contribution in [0, 0.1) is 0 Å². The van der Waals surface area contributed by atoms with Crippen molar-refractivity contribution in [3.63, 3.8) is 0 Å². The highest BCUT2D eigenvalue weighted by Gasteiger charge is 2.10. The topological polar surface area (TPSA) is 21.3 Å². The number of hydrogen-bond donors (Lipinski definition) is 1. The molecule has 0 saturated carbocycles. The molecule has 18 heavy (non-hydrogen) atoms. The maximum atomic E-state index is 6.02. The number of halogens is 2. The van der Waals surface area contributed by atoms with E-state index in [2.05, 4.69) is 12.2 Å². The fourth-order valence-corrected chi connectivity index (χ4v) is 2.17. The molecule has 2 unspecified atom stereocenters. The molecule has 0 aromatic heterocycles. The van der Waals surface area contributed by atoms with Gasteiger partial charge in [-0.1, -0.05) is 29.3 Å². The molecule has 0 bridgehead atoms. The van der Waals surface area contributed by atoms with Crippen LogP contribution in [0.25, 0.3) is 0 Å². The molecule has 0 saturated heterocycles. The van der Waals surface area contributed by atoms with Crippen LogP contribution in [0.1, 0.15) is 25.3 Å². The lowest BCUT2D eigenvalue weighted by atomic mass is 10.0. The van der Waals surface area contributed by atoms with Gasteiger partial charge in [0.1, 0.15) is 0 Å². The zero-order valence-corrected chi connectivity index (χ0v) is 12.7. The average Bonchev–Trinajstić information content (AvgIpc) is 2.38. The van der Waals surface area contributed by atoms with E-state index in [1.165, 1.54) is 5.56 Å². The number of hydrogen-bond acceptors (Lipinski definition) is 2. The minimum Gasteiger partial charge on any atom is -0.382 e. The van der Waals surface area contributed by atoms with Crippen LogP contribution in [0.3, 0.4) is 0 Å². The molecule has 0 aliphatic heterocycles. The van der Waals surface area contributed by atoms with Gasteiger partial charge in [0, 0.05) is 13.2 Å². The molecule has 2 nitrogen and oxygen atoms in total. The normalized spacial score (nSPS) is 14.5. The van der Waals surface area contributed by atoms with Crippen molar-refractivity contribution in [2.24, 2.45) is 0 Å². The third-order valence-corrected chi connectivity index (χ3v) is 3.94. The van der Waals surface area contributed by atoms with E-state index in [9.17, 15) is 0 Å². The summed E-state index contributed by atoms with van der Waals surface area (Å²) in [6.45, 7) is 2.09. The first kappa shape index (κ1) is 15.8. The largest absolute Gasteiger partial charge is 0.382 e. The summed E-state index contributed by atoms with van der Waals surface area (Å²) in [4.78, 5) is 0. The van der Waals surface area contributed by atoms with Gasteiger partial charge in [0.2, 0.25) is 0 Å². The molecule has 0 spiro atoms. The quantitative estimate of drug-likeness (QED) is 0.821. The third-order valence-electron chi connectivity index (χ3n) is 3.20. The van der Waals surface area contributed by atoms with Gasteiger partial charge >= 0.3 is 0 Å². The molecule has 0 amide bonds. The molecule has 1 rings (SSSR count). The second-order valence-corrected chi connectivity index (χ2v) is 5.38. The first-order valence-corrected chi connectivity index (χ1v) is 6.96. The van der Waals surface area contributed by atoms with Crippen molar-refractivity contribution >= 4 is 23.2 Å². The maximum Gasteiger partial charge on any atom is 0.0595 e. The number of benzene rings is 1. The minimum atomic E-state index is 0.301. The maximum absolute atomic E-state index is 6.02. The summed E-state index contributed by atoms with van der Waals surface area (Å²) >= 11 is 11.9. The molecular weight excluding hydrogens is 269 g/mol. The summed E-state index contributed by atoms with van der Waals surface area (Å²) in [5.41, 5.74) is 1.20. The lowest BCUT2D eigenvalue weighted by Crippen LogP contribution is -2.28. The van der Waals surface area contributed by atoms with Crippen LogP contribution in [-0.4, -0.2) is 26.3 Å². The van der Waals surface area contributed by atoms with Gasteiger partial charge in [-0.25, -0.2) is 0 Å². The van der Waals surface area contributed by atoms with Crippen LogP contribution in [0.2, 0.25) is 10.0 Å². The van der Waals surface area contributed by atoms with E-state index < -0.39 is 0 Å². The first-order chi connectivity index (χ1) is 8.56. The zero-order valence-electron chi connectivity index (χ0n) is 11.2. The highest BCUT2D eigenvalue weighted by atomic mass is 35.5. The van der Waals surface area contributed by atoms with Crippen LogP contribution in [0.4, 0.5) is 0 Å². The highest BCUT2D eigenvalue weighted by molar-refractivity contribution is 6.42. The molecule has 1 aromatic rings. The van der Waals surface area contributed by atoms with Crippen molar-refractivity contribution in [1.29, 1.82) is 0 Å². The summed E-state index contributed by atoms with van der Waals surface area (Å²) in [5.74, 6) is 0. The summed E-state index contributed by atoms with van der Waals surface area (Å²) < 4.78 is 5.26. The van der Waals surface area contributed by atoms with Gasteiger partial charge in [0.25, 0.3) is 0 Å². The predicted octanol–water partition coefficient (Wildman–Crippen LogP) is 3.94. The van der Waals surface area contributed by atoms with Crippen molar-refractivity contribution in [2.45, 2.75) is 38.3 Å². The molecule has 1 aromatic carbocycles. The van der Waals surface area contributed by atoms with Crippen LogP contribution < -0.4 is 5.32 Å². The highest BCUT2D eigenvalue weighted by Crippen LogP contribution is 2.23. The number of methoxy groups -OCH3 is 1. The van der Waals surface area contributed by atoms with Crippen molar-refractivity contribution < 1.29 is 4.74 Å². The van der Waals surface area contributed by atoms with E-state index in [4.69, 9.17) is 27.9 Å². The smallest absolute Gasteiger partial charge is 0.0595 e. The Bertz CT molecular complexity index is 371.